The van der Waals surface area contributed by atoms with Crippen molar-refractivity contribution in [3.05, 3.63) is 47.7 Å². The summed E-state index contributed by atoms with van der Waals surface area (Å²) in [4.78, 5) is 18.4. The molecule has 3 aliphatic rings. The highest BCUT2D eigenvalue weighted by molar-refractivity contribution is 5.59. The number of hydrogen-bond donors (Lipinski definition) is 2. The topological polar surface area (TPSA) is 76.8 Å². The maximum absolute atomic E-state index is 6.12. The number of aromatic nitrogens is 2. The van der Waals surface area contributed by atoms with Crippen LogP contribution >= 0.6 is 0 Å². The Kier molecular flexibility index (Phi) is 5.41. The molecule has 0 unspecified atom stereocenters. The monoisotopic (exact) mass is 420 g/mol. The first-order valence-electron chi connectivity index (χ1n) is 11.2. The number of likely N-dealkylation sites (N-methyl/N-ethyl adjacent to an activating group) is 1. The van der Waals surface area contributed by atoms with E-state index in [1.54, 1.807) is 0 Å². The van der Waals surface area contributed by atoms with Gasteiger partial charge in [0.2, 0.25) is 5.95 Å². The van der Waals surface area contributed by atoms with Crippen LogP contribution < -0.4 is 25.8 Å². The molecule has 8 heteroatoms. The van der Waals surface area contributed by atoms with Crippen LogP contribution in [0.4, 0.5) is 23.3 Å². The minimum Gasteiger partial charge on any atom is -0.368 e. The first-order valence-corrected chi connectivity index (χ1v) is 11.2. The molecule has 0 bridgehead atoms. The summed E-state index contributed by atoms with van der Waals surface area (Å²) in [6, 6.07) is 8.94. The SMILES string of the molecule is C=C1CNCCN1c1ccc2c(c1)CN(c1cc(N3CCN(C)CC3)nc(N)n1)CC2. The Labute approximate surface area is 184 Å². The number of nitrogens with one attached hydrogen (secondary N) is 1. The van der Waals surface area contributed by atoms with Crippen molar-refractivity contribution < 1.29 is 0 Å². The molecule has 0 atom stereocenters. The third-order valence-electron chi connectivity index (χ3n) is 6.60. The number of nitrogens with zero attached hydrogens (tertiary/aromatic N) is 6. The molecule has 1 aromatic heterocycles. The zero-order chi connectivity index (χ0) is 21.4. The maximum Gasteiger partial charge on any atom is 0.223 e. The van der Waals surface area contributed by atoms with Crippen LogP contribution in [0.5, 0.6) is 0 Å². The van der Waals surface area contributed by atoms with E-state index in [0.717, 1.165) is 82.7 Å². The van der Waals surface area contributed by atoms with E-state index >= 15 is 0 Å². The van der Waals surface area contributed by atoms with Crippen molar-refractivity contribution in [1.82, 2.24) is 20.2 Å². The molecular formula is C23H32N8. The van der Waals surface area contributed by atoms with Gasteiger partial charge in [0.1, 0.15) is 11.6 Å². The van der Waals surface area contributed by atoms with Crippen molar-refractivity contribution in [3.8, 4) is 0 Å². The normalized spacial score (nSPS) is 20.2. The van der Waals surface area contributed by atoms with Crippen molar-refractivity contribution >= 4 is 23.3 Å². The van der Waals surface area contributed by atoms with E-state index in [1.807, 2.05) is 0 Å². The summed E-state index contributed by atoms with van der Waals surface area (Å²) in [6.07, 6.45) is 1.01. The van der Waals surface area contributed by atoms with E-state index in [1.165, 1.54) is 16.8 Å². The highest BCUT2D eigenvalue weighted by Crippen LogP contribution is 2.30. The van der Waals surface area contributed by atoms with Crippen LogP contribution in [0.1, 0.15) is 11.1 Å². The number of nitrogens with two attached hydrogens (primary N) is 1. The molecule has 1 aromatic carbocycles. The van der Waals surface area contributed by atoms with Crippen LogP contribution in [0.25, 0.3) is 0 Å². The Morgan fingerprint density at radius 3 is 2.48 bits per heavy atom. The predicted octanol–water partition coefficient (Wildman–Crippen LogP) is 1.30. The molecule has 2 saturated heterocycles. The number of anilines is 4. The number of fused-ring (bicyclic) bond motifs is 1. The highest BCUT2D eigenvalue weighted by Gasteiger charge is 2.23. The van der Waals surface area contributed by atoms with E-state index in [-0.39, 0.29) is 0 Å². The highest BCUT2D eigenvalue weighted by atomic mass is 15.3. The molecule has 8 nitrogen and oxygen atoms in total. The molecule has 2 aromatic rings. The summed E-state index contributed by atoms with van der Waals surface area (Å²) >= 11 is 0. The standard InChI is InChI=1S/C23H32N8/c1-17-15-25-6-8-31(17)20-4-3-18-5-7-30(16-19(18)13-20)22-14-21(26-23(24)27-22)29-11-9-28(2)10-12-29/h3-4,13-14,25H,1,5-12,15-16H2,2H3,(H2,24,26,27). The van der Waals surface area contributed by atoms with Gasteiger partial charge in [-0.25, -0.2) is 0 Å². The lowest BCUT2D eigenvalue weighted by molar-refractivity contribution is 0.312. The molecule has 3 aliphatic heterocycles. The fourth-order valence-corrected chi connectivity index (χ4v) is 4.69. The average molecular weight is 421 g/mol. The van der Waals surface area contributed by atoms with Gasteiger partial charge in [0.15, 0.2) is 0 Å². The van der Waals surface area contributed by atoms with Crippen LogP contribution in [0.3, 0.4) is 0 Å². The summed E-state index contributed by atoms with van der Waals surface area (Å²) in [7, 11) is 2.16. The van der Waals surface area contributed by atoms with Crippen LogP contribution in [0, 0.1) is 0 Å². The summed E-state index contributed by atoms with van der Waals surface area (Å²) in [5, 5.41) is 3.38. The van der Waals surface area contributed by atoms with Gasteiger partial charge < -0.3 is 30.7 Å². The minimum absolute atomic E-state index is 0.350. The molecule has 0 radical (unpaired) electrons. The van der Waals surface area contributed by atoms with Gasteiger partial charge in [0.25, 0.3) is 0 Å². The average Bonchev–Trinajstić information content (AvgIpc) is 2.79. The predicted molar refractivity (Wildman–Crippen MR) is 127 cm³/mol. The summed E-state index contributed by atoms with van der Waals surface area (Å²) in [5.74, 6) is 2.21. The van der Waals surface area contributed by atoms with E-state index < -0.39 is 0 Å². The van der Waals surface area contributed by atoms with Crippen LogP contribution in [0.15, 0.2) is 36.5 Å². The van der Waals surface area contributed by atoms with Gasteiger partial charge in [-0.05, 0) is 36.7 Å². The molecule has 0 aliphatic carbocycles. The fourth-order valence-electron chi connectivity index (χ4n) is 4.69. The molecule has 0 saturated carbocycles. The molecule has 164 valence electrons. The van der Waals surface area contributed by atoms with Gasteiger partial charge in [-0.3, -0.25) is 0 Å². The number of piperazine rings is 2. The number of benzene rings is 1. The van der Waals surface area contributed by atoms with Crippen molar-refractivity contribution in [2.24, 2.45) is 0 Å². The van der Waals surface area contributed by atoms with E-state index in [4.69, 9.17) is 5.73 Å². The molecular weight excluding hydrogens is 388 g/mol. The second-order valence-corrected chi connectivity index (χ2v) is 8.75. The van der Waals surface area contributed by atoms with Crippen molar-refractivity contribution in [2.45, 2.75) is 13.0 Å². The van der Waals surface area contributed by atoms with Crippen LogP contribution in [0.2, 0.25) is 0 Å². The Morgan fingerprint density at radius 1 is 0.935 bits per heavy atom. The van der Waals surface area contributed by atoms with Gasteiger partial charge in [-0.1, -0.05) is 12.6 Å². The van der Waals surface area contributed by atoms with E-state index in [9.17, 15) is 0 Å². The summed E-state index contributed by atoms with van der Waals surface area (Å²) in [5.41, 5.74) is 11.3. The Morgan fingerprint density at radius 2 is 1.71 bits per heavy atom. The molecule has 2 fully saturated rings. The summed E-state index contributed by atoms with van der Waals surface area (Å²) in [6.45, 7) is 12.8. The lowest BCUT2D eigenvalue weighted by atomic mass is 9.98. The fraction of sp³-hybridized carbons (Fsp3) is 0.478. The lowest BCUT2D eigenvalue weighted by Gasteiger charge is -2.35. The Balaban J connectivity index is 1.37. The number of nitrogen functional groups attached to an aromatic ring is 1. The number of hydrogen-bond acceptors (Lipinski definition) is 8. The van der Waals surface area contributed by atoms with Crippen molar-refractivity contribution in [1.29, 1.82) is 0 Å². The second kappa shape index (κ2) is 8.36. The lowest BCUT2D eigenvalue weighted by Crippen LogP contribution is -2.45. The molecule has 4 heterocycles. The van der Waals surface area contributed by atoms with Gasteiger partial charge in [0.05, 0.1) is 0 Å². The first kappa shape index (κ1) is 20.1. The maximum atomic E-state index is 6.12. The van der Waals surface area contributed by atoms with Gasteiger partial charge in [0, 0.05) is 76.4 Å². The molecule has 3 N–H and O–H groups in total. The Bertz CT molecular complexity index is 966. The largest absolute Gasteiger partial charge is 0.368 e. The molecule has 5 rings (SSSR count). The Hall–Kier alpha value is -2.84. The van der Waals surface area contributed by atoms with Crippen LogP contribution in [-0.2, 0) is 13.0 Å². The molecule has 31 heavy (non-hydrogen) atoms. The van der Waals surface area contributed by atoms with Gasteiger partial charge >= 0.3 is 0 Å². The zero-order valence-electron chi connectivity index (χ0n) is 18.3. The van der Waals surface area contributed by atoms with E-state index in [0.29, 0.717) is 5.95 Å². The van der Waals surface area contributed by atoms with Crippen molar-refractivity contribution in [3.63, 3.8) is 0 Å². The smallest absolute Gasteiger partial charge is 0.223 e. The quantitative estimate of drug-likeness (QED) is 0.770. The molecule has 0 spiro atoms. The molecule has 0 amide bonds. The number of rotatable bonds is 3. The van der Waals surface area contributed by atoms with Gasteiger partial charge in [-0.15, -0.1) is 0 Å². The van der Waals surface area contributed by atoms with Crippen LogP contribution in [-0.4, -0.2) is 74.3 Å². The first-order chi connectivity index (χ1) is 15.1. The van der Waals surface area contributed by atoms with E-state index in [2.05, 4.69) is 72.8 Å². The van der Waals surface area contributed by atoms with Gasteiger partial charge in [-0.2, -0.15) is 9.97 Å². The third kappa shape index (κ3) is 4.18. The zero-order valence-corrected chi connectivity index (χ0v) is 18.3. The third-order valence-corrected chi connectivity index (χ3v) is 6.60. The summed E-state index contributed by atoms with van der Waals surface area (Å²) < 4.78 is 0. The second-order valence-electron chi connectivity index (χ2n) is 8.75. The minimum atomic E-state index is 0.350. The van der Waals surface area contributed by atoms with Crippen molar-refractivity contribution in [2.75, 3.05) is 79.8 Å².